The lowest BCUT2D eigenvalue weighted by Crippen LogP contribution is -2.24. The first-order valence-electron chi connectivity index (χ1n) is 4.63. The Labute approximate surface area is 82.7 Å². The van der Waals surface area contributed by atoms with Crippen LogP contribution in [0, 0.1) is 6.92 Å². The second-order valence-corrected chi connectivity index (χ2v) is 3.89. The van der Waals surface area contributed by atoms with Gasteiger partial charge in [0, 0.05) is 6.04 Å². The smallest absolute Gasteiger partial charge is 0.0947 e. The van der Waals surface area contributed by atoms with Crippen LogP contribution in [-0.2, 0) is 6.42 Å². The fraction of sp³-hybridized carbons (Fsp3) is 0.400. The molecule has 0 heterocycles. The maximum absolute atomic E-state index is 9.77. The lowest BCUT2D eigenvalue weighted by Gasteiger charge is -2.11. The fourth-order valence-corrected chi connectivity index (χ4v) is 2.04. The van der Waals surface area contributed by atoms with Crippen molar-refractivity contribution in [1.82, 2.24) is 0 Å². The number of hydrogen-bond acceptors (Lipinski definition) is 4. The number of hydrogen-bond donors (Lipinski definition) is 4. The molecule has 1 aromatic carbocycles. The Morgan fingerprint density at radius 3 is 2.71 bits per heavy atom. The predicted octanol–water partition coefficient (Wildman–Crippen LogP) is 0.0762. The van der Waals surface area contributed by atoms with Gasteiger partial charge < -0.3 is 22.3 Å². The Kier molecular flexibility index (Phi) is 1.90. The molecule has 4 heteroatoms. The highest BCUT2D eigenvalue weighted by atomic mass is 16.3. The van der Waals surface area contributed by atoms with Crippen LogP contribution in [-0.4, -0.2) is 11.1 Å². The number of anilines is 2. The average Bonchev–Trinajstić information content (AvgIpc) is 2.42. The normalized spacial score (nSPS) is 25.1. The monoisotopic (exact) mass is 193 g/mol. The summed E-state index contributed by atoms with van der Waals surface area (Å²) in [6.45, 7) is 1.91. The molecule has 4 nitrogen and oxygen atoms in total. The van der Waals surface area contributed by atoms with Crippen LogP contribution in [0.5, 0.6) is 0 Å². The van der Waals surface area contributed by atoms with Crippen LogP contribution < -0.4 is 17.2 Å². The Morgan fingerprint density at radius 1 is 1.43 bits per heavy atom. The van der Waals surface area contributed by atoms with Gasteiger partial charge in [0.05, 0.1) is 17.5 Å². The quantitative estimate of drug-likeness (QED) is 0.438. The van der Waals surface area contributed by atoms with E-state index in [-0.39, 0.29) is 6.04 Å². The zero-order valence-corrected chi connectivity index (χ0v) is 8.12. The summed E-state index contributed by atoms with van der Waals surface area (Å²) in [4.78, 5) is 0. The highest BCUT2D eigenvalue weighted by molar-refractivity contribution is 5.72. The van der Waals surface area contributed by atoms with Crippen molar-refractivity contribution in [3.63, 3.8) is 0 Å². The molecule has 0 amide bonds. The average molecular weight is 193 g/mol. The molecule has 1 aliphatic rings. The first-order valence-corrected chi connectivity index (χ1v) is 4.63. The van der Waals surface area contributed by atoms with Gasteiger partial charge in [-0.25, -0.2) is 0 Å². The molecule has 1 aliphatic carbocycles. The summed E-state index contributed by atoms with van der Waals surface area (Å²) in [5.74, 6) is 0. The molecule has 0 spiro atoms. The van der Waals surface area contributed by atoms with Gasteiger partial charge in [-0.15, -0.1) is 0 Å². The summed E-state index contributed by atoms with van der Waals surface area (Å²) >= 11 is 0. The van der Waals surface area contributed by atoms with Crippen LogP contribution >= 0.6 is 0 Å². The van der Waals surface area contributed by atoms with Crippen molar-refractivity contribution in [1.29, 1.82) is 0 Å². The molecule has 2 atom stereocenters. The van der Waals surface area contributed by atoms with Crippen molar-refractivity contribution in [2.75, 3.05) is 11.5 Å². The summed E-state index contributed by atoms with van der Waals surface area (Å²) in [5.41, 5.74) is 21.3. The fourth-order valence-electron chi connectivity index (χ4n) is 2.04. The minimum Gasteiger partial charge on any atom is -0.397 e. The van der Waals surface area contributed by atoms with Crippen LogP contribution in [0.2, 0.25) is 0 Å². The van der Waals surface area contributed by atoms with Gasteiger partial charge in [0.15, 0.2) is 0 Å². The van der Waals surface area contributed by atoms with Crippen LogP contribution in [0.1, 0.15) is 22.8 Å². The molecule has 7 N–H and O–H groups in total. The molecule has 0 bridgehead atoms. The maximum atomic E-state index is 9.77. The van der Waals surface area contributed by atoms with Gasteiger partial charge in [0.2, 0.25) is 0 Å². The van der Waals surface area contributed by atoms with Crippen molar-refractivity contribution in [2.24, 2.45) is 5.73 Å². The van der Waals surface area contributed by atoms with Gasteiger partial charge in [0.1, 0.15) is 0 Å². The van der Waals surface area contributed by atoms with E-state index >= 15 is 0 Å². The molecule has 2 unspecified atom stereocenters. The molecule has 14 heavy (non-hydrogen) atoms. The van der Waals surface area contributed by atoms with E-state index in [0.717, 1.165) is 16.7 Å². The highest BCUT2D eigenvalue weighted by Crippen LogP contribution is 2.37. The predicted molar refractivity (Wildman–Crippen MR) is 56.6 cm³/mol. The third kappa shape index (κ3) is 1.08. The van der Waals surface area contributed by atoms with Crippen molar-refractivity contribution in [2.45, 2.75) is 25.5 Å². The maximum Gasteiger partial charge on any atom is 0.0947 e. The van der Waals surface area contributed by atoms with Crippen molar-refractivity contribution in [3.05, 3.63) is 22.8 Å². The molecular formula is C10H15N3O. The highest BCUT2D eigenvalue weighted by Gasteiger charge is 2.30. The molecule has 1 aromatic rings. The summed E-state index contributed by atoms with van der Waals surface area (Å²) < 4.78 is 0. The Morgan fingerprint density at radius 2 is 2.07 bits per heavy atom. The Bertz CT molecular complexity index is 389. The van der Waals surface area contributed by atoms with E-state index in [9.17, 15) is 5.11 Å². The number of nitrogens with two attached hydrogens (primary N) is 3. The summed E-state index contributed by atoms with van der Waals surface area (Å²) in [6, 6.07) is 1.50. The number of rotatable bonds is 0. The third-order valence-corrected chi connectivity index (χ3v) is 2.99. The molecule has 2 rings (SSSR count). The van der Waals surface area contributed by atoms with E-state index in [1.54, 1.807) is 6.07 Å². The van der Waals surface area contributed by atoms with Crippen LogP contribution in [0.4, 0.5) is 11.4 Å². The van der Waals surface area contributed by atoms with E-state index in [2.05, 4.69) is 0 Å². The second kappa shape index (κ2) is 2.87. The third-order valence-electron chi connectivity index (χ3n) is 2.99. The van der Waals surface area contributed by atoms with E-state index < -0.39 is 6.10 Å². The zero-order chi connectivity index (χ0) is 10.5. The number of aliphatic hydroxyl groups is 1. The van der Waals surface area contributed by atoms with Gasteiger partial charge >= 0.3 is 0 Å². The lowest BCUT2D eigenvalue weighted by atomic mass is 10.0. The molecule has 0 saturated heterocycles. The number of benzene rings is 1. The molecule has 0 saturated carbocycles. The van der Waals surface area contributed by atoms with Crippen LogP contribution in [0.15, 0.2) is 6.07 Å². The number of fused-ring (bicyclic) bond motifs is 1. The summed E-state index contributed by atoms with van der Waals surface area (Å²) in [7, 11) is 0. The van der Waals surface area contributed by atoms with Gasteiger partial charge in [-0.2, -0.15) is 0 Å². The lowest BCUT2D eigenvalue weighted by molar-refractivity contribution is 0.159. The van der Waals surface area contributed by atoms with E-state index in [1.807, 2.05) is 6.92 Å². The number of aliphatic hydroxyl groups excluding tert-OH is 1. The van der Waals surface area contributed by atoms with E-state index in [1.165, 1.54) is 0 Å². The molecule has 0 radical (unpaired) electrons. The summed E-state index contributed by atoms with van der Waals surface area (Å²) in [6.07, 6.45) is 0.0684. The first-order chi connectivity index (χ1) is 6.52. The largest absolute Gasteiger partial charge is 0.397 e. The van der Waals surface area contributed by atoms with Gasteiger partial charge in [-0.05, 0) is 36.1 Å². The zero-order valence-electron chi connectivity index (χ0n) is 8.12. The van der Waals surface area contributed by atoms with Gasteiger partial charge in [-0.3, -0.25) is 0 Å². The van der Waals surface area contributed by atoms with E-state index in [4.69, 9.17) is 17.2 Å². The first kappa shape index (κ1) is 9.30. The van der Waals surface area contributed by atoms with Crippen molar-refractivity contribution in [3.8, 4) is 0 Å². The van der Waals surface area contributed by atoms with Crippen LogP contribution in [0.3, 0.4) is 0 Å². The van der Waals surface area contributed by atoms with Gasteiger partial charge in [-0.1, -0.05) is 0 Å². The van der Waals surface area contributed by atoms with Crippen LogP contribution in [0.25, 0.3) is 0 Å². The van der Waals surface area contributed by atoms with Crippen molar-refractivity contribution < 1.29 is 5.11 Å². The van der Waals surface area contributed by atoms with Crippen molar-refractivity contribution >= 4 is 11.4 Å². The molecule has 0 fully saturated rings. The molecule has 76 valence electrons. The molecule has 0 aliphatic heterocycles. The minimum absolute atomic E-state index is 0.232. The Balaban J connectivity index is 2.64. The topological polar surface area (TPSA) is 98.3 Å². The van der Waals surface area contributed by atoms with Gasteiger partial charge in [0.25, 0.3) is 0 Å². The Hall–Kier alpha value is -1.26. The molecule has 0 aromatic heterocycles. The minimum atomic E-state index is -0.605. The molecular weight excluding hydrogens is 178 g/mol. The number of nitrogen functional groups attached to an aromatic ring is 2. The standard InChI is InChI=1S/C10H15N3O/c1-4-5-2-8(12)10(14)6(5)3-7(11)9(4)13/h3,8,10,14H,2,11-13H2,1H3. The summed E-state index contributed by atoms with van der Waals surface area (Å²) in [5, 5.41) is 9.77. The van der Waals surface area contributed by atoms with E-state index in [0.29, 0.717) is 17.8 Å². The second-order valence-electron chi connectivity index (χ2n) is 3.89. The SMILES string of the molecule is Cc1c(N)c(N)cc2c1CC(N)C2O.